The van der Waals surface area contributed by atoms with Crippen molar-refractivity contribution >= 4 is 27.5 Å². The first kappa shape index (κ1) is 16.0. The van der Waals surface area contributed by atoms with E-state index >= 15 is 0 Å². The van der Waals surface area contributed by atoms with Gasteiger partial charge >= 0.3 is 0 Å². The number of carbonyl (C=O) groups is 1. The Hall–Kier alpha value is -1.03. The first-order chi connectivity index (χ1) is 9.10. The van der Waals surface area contributed by atoms with Crippen LogP contribution in [0.5, 0.6) is 0 Å². The molecule has 3 nitrogen and oxygen atoms in total. The summed E-state index contributed by atoms with van der Waals surface area (Å²) in [6, 6.07) is 5.41. The van der Waals surface area contributed by atoms with Crippen molar-refractivity contribution in [2.75, 3.05) is 18.8 Å². The number of carbonyl (C=O) groups excluding carboxylic acids is 1. The molecule has 0 spiro atoms. The van der Waals surface area contributed by atoms with Crippen molar-refractivity contribution in [3.8, 4) is 0 Å². The second-order valence-electron chi connectivity index (χ2n) is 4.74. The lowest BCUT2D eigenvalue weighted by Crippen LogP contribution is -2.33. The third kappa shape index (κ3) is 4.86. The predicted octanol–water partition coefficient (Wildman–Crippen LogP) is 4.07. The molecule has 1 aromatic carbocycles. The smallest absolute Gasteiger partial charge is 0.253 e. The summed E-state index contributed by atoms with van der Waals surface area (Å²) in [5, 5.41) is 0. The van der Waals surface area contributed by atoms with Crippen LogP contribution in [0.25, 0.3) is 0 Å². The van der Waals surface area contributed by atoms with E-state index < -0.39 is 0 Å². The summed E-state index contributed by atoms with van der Waals surface area (Å²) in [5.41, 5.74) is 7.12. The SMILES string of the molecule is CCCCN(CCCC)C(=O)c1ccc(Br)c(N)c1. The fourth-order valence-corrected chi connectivity index (χ4v) is 2.12. The van der Waals surface area contributed by atoms with Gasteiger partial charge in [0.25, 0.3) is 5.91 Å². The summed E-state index contributed by atoms with van der Waals surface area (Å²) in [7, 11) is 0. The van der Waals surface area contributed by atoms with E-state index in [-0.39, 0.29) is 5.91 Å². The molecular formula is C15H23BrN2O. The van der Waals surface area contributed by atoms with Gasteiger partial charge in [-0.2, -0.15) is 0 Å². The van der Waals surface area contributed by atoms with Crippen LogP contribution in [0.2, 0.25) is 0 Å². The van der Waals surface area contributed by atoms with Gasteiger partial charge in [0.2, 0.25) is 0 Å². The van der Waals surface area contributed by atoms with Gasteiger partial charge in [0, 0.05) is 28.8 Å². The minimum atomic E-state index is 0.0844. The summed E-state index contributed by atoms with van der Waals surface area (Å²) >= 11 is 3.35. The Morgan fingerprint density at radius 3 is 2.26 bits per heavy atom. The van der Waals surface area contributed by atoms with E-state index in [4.69, 9.17) is 5.73 Å². The van der Waals surface area contributed by atoms with Gasteiger partial charge in [-0.15, -0.1) is 0 Å². The van der Waals surface area contributed by atoms with Crippen LogP contribution in [-0.4, -0.2) is 23.9 Å². The second kappa shape index (κ2) is 8.20. The van der Waals surface area contributed by atoms with Crippen molar-refractivity contribution in [1.29, 1.82) is 0 Å². The number of nitrogens with zero attached hydrogens (tertiary/aromatic N) is 1. The highest BCUT2D eigenvalue weighted by Gasteiger charge is 2.15. The lowest BCUT2D eigenvalue weighted by Gasteiger charge is -2.22. The van der Waals surface area contributed by atoms with E-state index in [0.717, 1.165) is 43.2 Å². The van der Waals surface area contributed by atoms with Crippen molar-refractivity contribution < 1.29 is 4.79 Å². The second-order valence-corrected chi connectivity index (χ2v) is 5.59. The van der Waals surface area contributed by atoms with E-state index in [0.29, 0.717) is 11.3 Å². The number of hydrogen-bond donors (Lipinski definition) is 1. The number of unbranched alkanes of at least 4 members (excludes halogenated alkanes) is 2. The van der Waals surface area contributed by atoms with E-state index in [9.17, 15) is 4.79 Å². The summed E-state index contributed by atoms with van der Waals surface area (Å²) in [6.45, 7) is 5.93. The first-order valence-electron chi connectivity index (χ1n) is 6.94. The zero-order valence-electron chi connectivity index (χ0n) is 11.8. The number of nitrogen functional groups attached to an aromatic ring is 1. The standard InChI is InChI=1S/C15H23BrN2O/c1-3-5-9-18(10-6-4-2)15(19)12-7-8-13(16)14(17)11-12/h7-8,11H,3-6,9-10,17H2,1-2H3. The van der Waals surface area contributed by atoms with Crippen LogP contribution in [0, 0.1) is 0 Å². The molecular weight excluding hydrogens is 304 g/mol. The van der Waals surface area contributed by atoms with Gasteiger partial charge in [-0.05, 0) is 47.0 Å². The number of anilines is 1. The Morgan fingerprint density at radius 2 is 1.79 bits per heavy atom. The molecule has 1 rings (SSSR count). The molecule has 0 saturated carbocycles. The first-order valence-corrected chi connectivity index (χ1v) is 7.73. The van der Waals surface area contributed by atoms with E-state index in [2.05, 4.69) is 29.8 Å². The summed E-state index contributed by atoms with van der Waals surface area (Å²) in [5.74, 6) is 0.0844. The van der Waals surface area contributed by atoms with Crippen molar-refractivity contribution in [2.24, 2.45) is 0 Å². The van der Waals surface area contributed by atoms with Crippen molar-refractivity contribution in [3.05, 3.63) is 28.2 Å². The summed E-state index contributed by atoms with van der Waals surface area (Å²) in [6.07, 6.45) is 4.28. The minimum absolute atomic E-state index is 0.0844. The predicted molar refractivity (Wildman–Crippen MR) is 84.3 cm³/mol. The largest absolute Gasteiger partial charge is 0.398 e. The molecule has 1 aromatic rings. The fraction of sp³-hybridized carbons (Fsp3) is 0.533. The van der Waals surface area contributed by atoms with Crippen molar-refractivity contribution in [2.45, 2.75) is 39.5 Å². The molecule has 0 aliphatic heterocycles. The van der Waals surface area contributed by atoms with Gasteiger partial charge in [0.15, 0.2) is 0 Å². The number of halogens is 1. The summed E-state index contributed by atoms with van der Waals surface area (Å²) < 4.78 is 0.831. The van der Waals surface area contributed by atoms with Crippen molar-refractivity contribution in [1.82, 2.24) is 4.90 Å². The molecule has 0 fully saturated rings. The zero-order chi connectivity index (χ0) is 14.3. The van der Waals surface area contributed by atoms with Gasteiger partial charge < -0.3 is 10.6 Å². The van der Waals surface area contributed by atoms with E-state index in [1.807, 2.05) is 17.0 Å². The minimum Gasteiger partial charge on any atom is -0.398 e. The van der Waals surface area contributed by atoms with Crippen LogP contribution >= 0.6 is 15.9 Å². The molecule has 106 valence electrons. The normalized spacial score (nSPS) is 10.5. The quantitative estimate of drug-likeness (QED) is 0.767. The molecule has 0 aromatic heterocycles. The van der Waals surface area contributed by atoms with Crippen LogP contribution in [-0.2, 0) is 0 Å². The molecule has 0 heterocycles. The molecule has 0 bridgehead atoms. The maximum absolute atomic E-state index is 12.5. The molecule has 0 unspecified atom stereocenters. The Morgan fingerprint density at radius 1 is 1.21 bits per heavy atom. The average molecular weight is 327 g/mol. The number of amides is 1. The van der Waals surface area contributed by atoms with Crippen LogP contribution in [0.1, 0.15) is 49.9 Å². The molecule has 0 saturated heterocycles. The topological polar surface area (TPSA) is 46.3 Å². The highest BCUT2D eigenvalue weighted by Crippen LogP contribution is 2.21. The Kier molecular flexibility index (Phi) is 6.92. The number of rotatable bonds is 7. The van der Waals surface area contributed by atoms with Gasteiger partial charge in [-0.1, -0.05) is 26.7 Å². The Balaban J connectivity index is 2.81. The fourth-order valence-electron chi connectivity index (χ4n) is 1.87. The zero-order valence-corrected chi connectivity index (χ0v) is 13.4. The molecule has 0 aliphatic carbocycles. The summed E-state index contributed by atoms with van der Waals surface area (Å²) in [4.78, 5) is 14.4. The lowest BCUT2D eigenvalue weighted by atomic mass is 10.1. The highest BCUT2D eigenvalue weighted by molar-refractivity contribution is 9.10. The Bertz CT molecular complexity index is 413. The molecule has 0 aliphatic rings. The van der Waals surface area contributed by atoms with Gasteiger partial charge in [0.1, 0.15) is 0 Å². The highest BCUT2D eigenvalue weighted by atomic mass is 79.9. The Labute approximate surface area is 124 Å². The average Bonchev–Trinajstić information content (AvgIpc) is 2.41. The number of nitrogens with two attached hydrogens (primary N) is 1. The van der Waals surface area contributed by atoms with Crippen LogP contribution in [0.3, 0.4) is 0 Å². The molecule has 1 amide bonds. The lowest BCUT2D eigenvalue weighted by molar-refractivity contribution is 0.0751. The van der Waals surface area contributed by atoms with Crippen LogP contribution in [0.4, 0.5) is 5.69 Å². The van der Waals surface area contributed by atoms with E-state index in [1.165, 1.54) is 0 Å². The monoisotopic (exact) mass is 326 g/mol. The third-order valence-corrected chi connectivity index (χ3v) is 3.82. The molecule has 2 N–H and O–H groups in total. The van der Waals surface area contributed by atoms with Crippen molar-refractivity contribution in [3.63, 3.8) is 0 Å². The molecule has 0 radical (unpaired) electrons. The van der Waals surface area contributed by atoms with Gasteiger partial charge in [0.05, 0.1) is 0 Å². The number of hydrogen-bond acceptors (Lipinski definition) is 2. The van der Waals surface area contributed by atoms with Crippen LogP contribution < -0.4 is 5.73 Å². The maximum atomic E-state index is 12.5. The third-order valence-electron chi connectivity index (χ3n) is 3.09. The van der Waals surface area contributed by atoms with E-state index in [1.54, 1.807) is 6.07 Å². The van der Waals surface area contributed by atoms with Gasteiger partial charge in [-0.3, -0.25) is 4.79 Å². The molecule has 0 atom stereocenters. The molecule has 4 heteroatoms. The molecule has 19 heavy (non-hydrogen) atoms. The van der Waals surface area contributed by atoms with Crippen LogP contribution in [0.15, 0.2) is 22.7 Å². The maximum Gasteiger partial charge on any atom is 0.253 e. The number of benzene rings is 1. The van der Waals surface area contributed by atoms with Gasteiger partial charge in [-0.25, -0.2) is 0 Å².